The van der Waals surface area contributed by atoms with Gasteiger partial charge in [0.1, 0.15) is 5.75 Å². The minimum Gasteiger partial charge on any atom is -0.406 e. The van der Waals surface area contributed by atoms with Crippen molar-refractivity contribution < 1.29 is 17.9 Å². The number of halogens is 3. The summed E-state index contributed by atoms with van der Waals surface area (Å²) in [5.41, 5.74) is 9.61. The van der Waals surface area contributed by atoms with Crippen LogP contribution in [0, 0.1) is 0 Å². The Labute approximate surface area is 292 Å². The topological polar surface area (TPSA) is 19.1 Å². The molecule has 0 fully saturated rings. The molecule has 0 saturated heterocycles. The molecule has 0 bridgehead atoms. The van der Waals surface area contributed by atoms with Gasteiger partial charge in [0.25, 0.3) is 0 Å². The molecule has 0 unspecified atom stereocenters. The summed E-state index contributed by atoms with van der Waals surface area (Å²) in [6.07, 6.45) is -0.487. The Bertz CT molecular complexity index is 2190. The maximum Gasteiger partial charge on any atom is 0.573 e. The molecule has 0 aliphatic heterocycles. The lowest BCUT2D eigenvalue weighted by Gasteiger charge is -2.19. The number of ether oxygens (including phenoxy) is 1. The maximum atomic E-state index is 12.3. The van der Waals surface area contributed by atoms with Crippen molar-refractivity contribution in [3.8, 4) is 22.6 Å². The van der Waals surface area contributed by atoms with Crippen LogP contribution in [0.15, 0.2) is 140 Å². The van der Waals surface area contributed by atoms with Crippen molar-refractivity contribution in [2.45, 2.75) is 65.3 Å². The molecule has 3 nitrogen and oxygen atoms in total. The van der Waals surface area contributed by atoms with Crippen molar-refractivity contribution in [2.75, 3.05) is 0 Å². The molecule has 0 N–H and O–H groups in total. The molecule has 2 aromatic heterocycles. The molecular formula is C44H43F3N2O. The van der Waals surface area contributed by atoms with Crippen molar-refractivity contribution in [3.05, 3.63) is 156 Å². The van der Waals surface area contributed by atoms with Crippen LogP contribution >= 0.6 is 0 Å². The summed E-state index contributed by atoms with van der Waals surface area (Å²) in [7, 11) is 0. The fraction of sp³-hybridized carbons (Fsp3) is 0.227. The third-order valence-corrected chi connectivity index (χ3v) is 8.98. The van der Waals surface area contributed by atoms with Crippen LogP contribution in [-0.4, -0.2) is 15.5 Å². The van der Waals surface area contributed by atoms with Crippen LogP contribution in [0.5, 0.6) is 5.75 Å². The summed E-state index contributed by atoms with van der Waals surface area (Å²) in [5, 5.41) is 2.36. The predicted octanol–water partition coefficient (Wildman–Crippen LogP) is 12.5. The number of fused-ring (bicyclic) bond motifs is 2. The first-order chi connectivity index (χ1) is 23.6. The van der Waals surface area contributed by atoms with E-state index in [1.54, 1.807) is 12.1 Å². The highest BCUT2D eigenvalue weighted by Crippen LogP contribution is 2.30. The van der Waals surface area contributed by atoms with Crippen LogP contribution in [0.4, 0.5) is 13.2 Å². The van der Waals surface area contributed by atoms with Crippen LogP contribution in [-0.2, 0) is 17.4 Å². The normalized spacial score (nSPS) is 12.2. The summed E-state index contributed by atoms with van der Waals surface area (Å²) in [4.78, 5) is 0. The summed E-state index contributed by atoms with van der Waals surface area (Å²) >= 11 is 0. The minimum atomic E-state index is -4.68. The van der Waals surface area contributed by atoms with Gasteiger partial charge in [-0.1, -0.05) is 114 Å². The number of benzene rings is 5. The average Bonchev–Trinajstić information content (AvgIpc) is 3.68. The SMILES string of the molecule is CC(C)(C)c1ccc(-n2ccc3ccccc32)cc1.CC(C)(C)c1ccc(Cn2ccc3cc(-c4ccc(OC(F)(F)F)cc4)ccc32)cc1. The molecule has 7 aromatic rings. The Morgan fingerprint density at radius 3 is 1.74 bits per heavy atom. The van der Waals surface area contributed by atoms with Crippen LogP contribution in [0.3, 0.4) is 0 Å². The van der Waals surface area contributed by atoms with Gasteiger partial charge in [-0.15, -0.1) is 13.2 Å². The largest absolute Gasteiger partial charge is 0.573 e. The molecule has 0 aliphatic rings. The molecule has 50 heavy (non-hydrogen) atoms. The lowest BCUT2D eigenvalue weighted by Crippen LogP contribution is -2.16. The van der Waals surface area contributed by atoms with Gasteiger partial charge >= 0.3 is 6.36 Å². The van der Waals surface area contributed by atoms with Gasteiger partial charge in [0, 0.05) is 35.5 Å². The summed E-state index contributed by atoms with van der Waals surface area (Å²) in [6, 6.07) is 42.3. The third kappa shape index (κ3) is 8.14. The lowest BCUT2D eigenvalue weighted by molar-refractivity contribution is -0.274. The van der Waals surface area contributed by atoms with E-state index in [0.717, 1.165) is 28.6 Å². The molecule has 2 heterocycles. The first kappa shape index (κ1) is 34.6. The number of para-hydroxylation sites is 1. The second-order valence-electron chi connectivity index (χ2n) is 14.8. The van der Waals surface area contributed by atoms with Gasteiger partial charge in [-0.2, -0.15) is 0 Å². The van der Waals surface area contributed by atoms with E-state index in [0.29, 0.717) is 0 Å². The second kappa shape index (κ2) is 13.6. The molecule has 5 aromatic carbocycles. The molecule has 7 rings (SSSR count). The molecule has 6 heteroatoms. The molecule has 0 radical (unpaired) electrons. The van der Waals surface area contributed by atoms with Gasteiger partial charge in [0.15, 0.2) is 0 Å². The number of rotatable bonds is 5. The van der Waals surface area contributed by atoms with Crippen LogP contribution in [0.25, 0.3) is 38.6 Å². The lowest BCUT2D eigenvalue weighted by atomic mass is 9.87. The zero-order chi connectivity index (χ0) is 35.7. The number of nitrogens with zero attached hydrogens (tertiary/aromatic N) is 2. The van der Waals surface area contributed by atoms with Crippen molar-refractivity contribution in [1.29, 1.82) is 0 Å². The first-order valence-electron chi connectivity index (χ1n) is 16.9. The van der Waals surface area contributed by atoms with Crippen LogP contribution in [0.1, 0.15) is 58.2 Å². The molecular weight excluding hydrogens is 629 g/mol. The molecule has 0 amide bonds. The van der Waals surface area contributed by atoms with Gasteiger partial charge < -0.3 is 13.9 Å². The van der Waals surface area contributed by atoms with E-state index in [2.05, 4.69) is 153 Å². The van der Waals surface area contributed by atoms with Crippen molar-refractivity contribution in [3.63, 3.8) is 0 Å². The van der Waals surface area contributed by atoms with Gasteiger partial charge in [-0.3, -0.25) is 0 Å². The Balaban J connectivity index is 0.000000194. The summed E-state index contributed by atoms with van der Waals surface area (Å²) < 4.78 is 45.4. The van der Waals surface area contributed by atoms with Gasteiger partial charge in [-0.05, 0) is 98.6 Å². The maximum absolute atomic E-state index is 12.3. The van der Waals surface area contributed by atoms with Gasteiger partial charge in [0.2, 0.25) is 0 Å². The molecule has 0 aliphatic carbocycles. The van der Waals surface area contributed by atoms with Gasteiger partial charge in [0.05, 0.1) is 5.52 Å². The molecule has 0 spiro atoms. The Kier molecular flexibility index (Phi) is 9.41. The number of hydrogen-bond donors (Lipinski definition) is 0. The predicted molar refractivity (Wildman–Crippen MR) is 200 cm³/mol. The van der Waals surface area contributed by atoms with Crippen molar-refractivity contribution in [2.24, 2.45) is 0 Å². The zero-order valence-corrected chi connectivity index (χ0v) is 29.4. The average molecular weight is 673 g/mol. The van der Waals surface area contributed by atoms with Gasteiger partial charge in [-0.25, -0.2) is 0 Å². The van der Waals surface area contributed by atoms with Crippen molar-refractivity contribution >= 4 is 21.8 Å². The van der Waals surface area contributed by atoms with E-state index in [4.69, 9.17) is 0 Å². The van der Waals surface area contributed by atoms with E-state index >= 15 is 0 Å². The summed E-state index contributed by atoms with van der Waals surface area (Å²) in [6.45, 7) is 14.1. The zero-order valence-electron chi connectivity index (χ0n) is 29.4. The smallest absolute Gasteiger partial charge is 0.406 e. The Morgan fingerprint density at radius 2 is 1.12 bits per heavy atom. The van der Waals surface area contributed by atoms with E-state index < -0.39 is 6.36 Å². The standard InChI is InChI=1S/C26H24F3NO.C18H19N/c1-25(2,3)22-9-4-18(5-10-22)17-30-15-14-21-16-20(8-13-24(21)30)19-6-11-23(12-7-19)31-26(27,28)29;1-18(2,3)15-8-10-16(11-9-15)19-13-12-14-6-4-5-7-17(14)19/h4-16H,17H2,1-3H3;4-13H,1-3H3. The van der Waals surface area contributed by atoms with E-state index in [1.807, 2.05) is 18.2 Å². The summed E-state index contributed by atoms with van der Waals surface area (Å²) in [5.74, 6) is -0.221. The third-order valence-electron chi connectivity index (χ3n) is 8.98. The van der Waals surface area contributed by atoms with Crippen LogP contribution in [0.2, 0.25) is 0 Å². The molecule has 0 saturated carbocycles. The molecule has 256 valence electrons. The molecule has 0 atom stereocenters. The van der Waals surface area contributed by atoms with E-state index in [1.165, 1.54) is 45.4 Å². The Hall–Kier alpha value is -5.23. The quantitative estimate of drug-likeness (QED) is 0.178. The highest BCUT2D eigenvalue weighted by molar-refractivity contribution is 5.86. The minimum absolute atomic E-state index is 0.131. The highest BCUT2D eigenvalue weighted by Gasteiger charge is 2.31. The number of hydrogen-bond acceptors (Lipinski definition) is 1. The van der Waals surface area contributed by atoms with E-state index in [9.17, 15) is 13.2 Å². The second-order valence-corrected chi connectivity index (χ2v) is 14.8. The monoisotopic (exact) mass is 672 g/mol. The van der Waals surface area contributed by atoms with E-state index in [-0.39, 0.29) is 16.6 Å². The fourth-order valence-corrected chi connectivity index (χ4v) is 6.10. The van der Waals surface area contributed by atoms with Crippen molar-refractivity contribution in [1.82, 2.24) is 9.13 Å². The van der Waals surface area contributed by atoms with Crippen LogP contribution < -0.4 is 4.74 Å². The Morgan fingerprint density at radius 1 is 0.540 bits per heavy atom. The highest BCUT2D eigenvalue weighted by atomic mass is 19.4. The number of aromatic nitrogens is 2. The fourth-order valence-electron chi connectivity index (χ4n) is 6.10. The number of alkyl halides is 3. The first-order valence-corrected chi connectivity index (χ1v) is 16.9.